The van der Waals surface area contributed by atoms with Gasteiger partial charge in [-0.25, -0.2) is 9.79 Å². The Bertz CT molecular complexity index is 1280. The Morgan fingerprint density at radius 1 is 0.929 bits per heavy atom. The molecule has 1 aliphatic rings. The second kappa shape index (κ2) is 17.9. The number of hydrogen-bond acceptors (Lipinski definition) is 11. The lowest BCUT2D eigenvalue weighted by atomic mass is 10.1. The average molecular weight is 601 g/mol. The largest absolute Gasteiger partial charge is 0.506 e. The van der Waals surface area contributed by atoms with Gasteiger partial charge in [-0.1, -0.05) is 36.0 Å². The van der Waals surface area contributed by atoms with Crippen molar-refractivity contribution in [3.8, 4) is 11.5 Å². The van der Waals surface area contributed by atoms with Gasteiger partial charge in [-0.15, -0.1) is 0 Å². The summed E-state index contributed by atoms with van der Waals surface area (Å²) < 4.78 is 26.9. The van der Waals surface area contributed by atoms with Crippen LogP contribution in [0, 0.1) is 0 Å². The maximum atomic E-state index is 12.6. The zero-order valence-corrected chi connectivity index (χ0v) is 24.5. The highest BCUT2D eigenvalue weighted by molar-refractivity contribution is 8.18. The van der Waals surface area contributed by atoms with E-state index in [9.17, 15) is 19.8 Å². The van der Waals surface area contributed by atoms with Crippen molar-refractivity contribution in [3.05, 3.63) is 70.3 Å². The van der Waals surface area contributed by atoms with E-state index in [0.717, 1.165) is 11.8 Å². The summed E-state index contributed by atoms with van der Waals surface area (Å²) in [5, 5.41) is 24.3. The SMILES string of the molecule is CCOC(=O)C1=C(O)/C(=C/c2ccc(OCCOCCOCCOCCNC(C)=O)c(O)c2)SC1=Nc1ccccc1. The van der Waals surface area contributed by atoms with Gasteiger partial charge in [0, 0.05) is 13.5 Å². The highest BCUT2D eigenvalue weighted by Gasteiger charge is 2.33. The number of rotatable bonds is 17. The normalized spacial score (nSPS) is 14.9. The first kappa shape index (κ1) is 32.7. The number of aliphatic imine (C=N–C) groups is 1. The third kappa shape index (κ3) is 10.9. The van der Waals surface area contributed by atoms with Gasteiger partial charge in [0.15, 0.2) is 11.5 Å². The topological polar surface area (TPSA) is 145 Å². The number of phenolic OH excluding ortho intramolecular Hbond substituents is 1. The highest BCUT2D eigenvalue weighted by atomic mass is 32.2. The first-order valence-electron chi connectivity index (χ1n) is 13.5. The summed E-state index contributed by atoms with van der Waals surface area (Å²) in [6, 6.07) is 13.9. The van der Waals surface area contributed by atoms with Crippen LogP contribution in [-0.4, -0.2) is 86.5 Å². The number of nitrogens with one attached hydrogen (secondary N) is 1. The number of ether oxygens (including phenoxy) is 5. The van der Waals surface area contributed by atoms with E-state index in [1.54, 1.807) is 37.3 Å². The predicted octanol–water partition coefficient (Wildman–Crippen LogP) is 4.15. The summed E-state index contributed by atoms with van der Waals surface area (Å²) in [6.07, 6.45) is 1.65. The zero-order chi connectivity index (χ0) is 30.2. The molecule has 0 aliphatic carbocycles. The molecule has 3 rings (SSSR count). The Labute approximate surface area is 249 Å². The van der Waals surface area contributed by atoms with Crippen LogP contribution in [0.4, 0.5) is 5.69 Å². The Kier molecular flexibility index (Phi) is 13.9. The van der Waals surface area contributed by atoms with Crippen LogP contribution >= 0.6 is 11.8 Å². The van der Waals surface area contributed by atoms with Gasteiger partial charge in [0.1, 0.15) is 23.0 Å². The van der Waals surface area contributed by atoms with Crippen molar-refractivity contribution in [2.24, 2.45) is 4.99 Å². The van der Waals surface area contributed by atoms with E-state index in [1.165, 1.54) is 13.0 Å². The molecule has 12 heteroatoms. The summed E-state index contributed by atoms with van der Waals surface area (Å²) in [4.78, 5) is 28.2. The van der Waals surface area contributed by atoms with E-state index < -0.39 is 5.97 Å². The maximum Gasteiger partial charge on any atom is 0.344 e. The number of thioether (sulfide) groups is 1. The van der Waals surface area contributed by atoms with Crippen molar-refractivity contribution in [1.82, 2.24) is 5.32 Å². The molecule has 0 fully saturated rings. The van der Waals surface area contributed by atoms with E-state index in [1.807, 2.05) is 18.2 Å². The van der Waals surface area contributed by atoms with Gasteiger partial charge in [-0.3, -0.25) is 4.79 Å². The molecule has 11 nitrogen and oxygen atoms in total. The molecular weight excluding hydrogens is 564 g/mol. The quantitative estimate of drug-likeness (QED) is 0.179. The zero-order valence-electron chi connectivity index (χ0n) is 23.7. The van der Waals surface area contributed by atoms with Gasteiger partial charge in [-0.2, -0.15) is 0 Å². The number of aliphatic hydroxyl groups excluding tert-OH is 1. The van der Waals surface area contributed by atoms with Gasteiger partial charge in [0.2, 0.25) is 5.91 Å². The summed E-state index contributed by atoms with van der Waals surface area (Å²) in [5.41, 5.74) is 1.22. The molecule has 0 saturated heterocycles. The highest BCUT2D eigenvalue weighted by Crippen LogP contribution is 2.40. The first-order valence-corrected chi connectivity index (χ1v) is 14.3. The van der Waals surface area contributed by atoms with Gasteiger partial charge < -0.3 is 39.2 Å². The minimum absolute atomic E-state index is 0.00133. The fourth-order valence-corrected chi connectivity index (χ4v) is 4.60. The van der Waals surface area contributed by atoms with Crippen LogP contribution < -0.4 is 10.1 Å². The van der Waals surface area contributed by atoms with Crippen LogP contribution in [0.15, 0.2) is 69.8 Å². The summed E-state index contributed by atoms with van der Waals surface area (Å²) in [7, 11) is 0. The summed E-state index contributed by atoms with van der Waals surface area (Å²) >= 11 is 1.14. The van der Waals surface area contributed by atoms with Crippen LogP contribution in [0.25, 0.3) is 6.08 Å². The molecule has 2 aromatic rings. The maximum absolute atomic E-state index is 12.6. The number of aliphatic hydroxyl groups is 1. The Morgan fingerprint density at radius 2 is 1.60 bits per heavy atom. The van der Waals surface area contributed by atoms with Crippen molar-refractivity contribution in [2.75, 3.05) is 59.4 Å². The van der Waals surface area contributed by atoms with Gasteiger partial charge in [-0.05, 0) is 42.8 Å². The van der Waals surface area contributed by atoms with Crippen LogP contribution in [0.5, 0.6) is 11.5 Å². The summed E-state index contributed by atoms with van der Waals surface area (Å²) in [5.74, 6) is -0.782. The van der Waals surface area contributed by atoms with Crippen molar-refractivity contribution in [1.29, 1.82) is 0 Å². The lowest BCUT2D eigenvalue weighted by Crippen LogP contribution is -2.25. The lowest BCUT2D eigenvalue weighted by Gasteiger charge is -2.10. The van der Waals surface area contributed by atoms with Crippen LogP contribution in [0.3, 0.4) is 0 Å². The molecule has 226 valence electrons. The molecule has 0 unspecified atom stereocenters. The molecule has 3 N–H and O–H groups in total. The average Bonchev–Trinajstić information content (AvgIpc) is 3.26. The number of amides is 1. The molecule has 1 heterocycles. The minimum atomic E-state index is -0.662. The molecule has 42 heavy (non-hydrogen) atoms. The Balaban J connectivity index is 1.46. The van der Waals surface area contributed by atoms with Crippen molar-refractivity contribution >= 4 is 40.4 Å². The molecule has 0 aromatic heterocycles. The van der Waals surface area contributed by atoms with Crippen molar-refractivity contribution in [3.63, 3.8) is 0 Å². The van der Waals surface area contributed by atoms with E-state index in [2.05, 4.69) is 10.3 Å². The second-order valence-corrected chi connectivity index (χ2v) is 9.73. The molecule has 0 spiro atoms. The number of esters is 1. The number of benzene rings is 2. The molecule has 1 amide bonds. The molecule has 0 radical (unpaired) electrons. The second-order valence-electron chi connectivity index (χ2n) is 8.70. The fourth-order valence-electron chi connectivity index (χ4n) is 3.56. The first-order chi connectivity index (χ1) is 20.4. The third-order valence-corrected chi connectivity index (χ3v) is 6.51. The number of aromatic hydroxyl groups is 1. The van der Waals surface area contributed by atoms with Crippen LogP contribution in [0.1, 0.15) is 19.4 Å². The number of para-hydroxylation sites is 1. The van der Waals surface area contributed by atoms with Gasteiger partial charge in [0.25, 0.3) is 0 Å². The van der Waals surface area contributed by atoms with Crippen LogP contribution in [0.2, 0.25) is 0 Å². The molecular formula is C30H36N2O9S. The summed E-state index contributed by atoms with van der Waals surface area (Å²) in [6.45, 7) is 6.37. The van der Waals surface area contributed by atoms with Crippen molar-refractivity contribution in [2.45, 2.75) is 13.8 Å². The third-order valence-electron chi connectivity index (χ3n) is 5.49. The van der Waals surface area contributed by atoms with E-state index in [0.29, 0.717) is 67.4 Å². The molecule has 0 bridgehead atoms. The predicted molar refractivity (Wildman–Crippen MR) is 160 cm³/mol. The lowest BCUT2D eigenvalue weighted by molar-refractivity contribution is -0.138. The number of carbonyl (C=O) groups excluding carboxylic acids is 2. The van der Waals surface area contributed by atoms with E-state index >= 15 is 0 Å². The minimum Gasteiger partial charge on any atom is -0.506 e. The number of nitrogens with zero attached hydrogens (tertiary/aromatic N) is 1. The number of hydrogen-bond donors (Lipinski definition) is 3. The smallest absolute Gasteiger partial charge is 0.344 e. The molecule has 2 aromatic carbocycles. The van der Waals surface area contributed by atoms with Crippen molar-refractivity contribution < 1.29 is 43.5 Å². The molecule has 0 atom stereocenters. The van der Waals surface area contributed by atoms with E-state index in [-0.39, 0.29) is 42.0 Å². The Hall–Kier alpha value is -3.84. The fraction of sp³-hybridized carbons (Fsp3) is 0.367. The standard InChI is InChI=1S/C30H36N2O9S/c1-3-40-30(36)27-28(35)26(42-29(27)32-23-7-5-4-6-8-23)20-22-9-10-25(24(34)19-22)41-18-17-39-16-15-38-14-13-37-12-11-31-21(2)33/h4-10,19-20,34-35H,3,11-18H2,1-2H3,(H,31,33)/b26-20-,32-29?. The van der Waals surface area contributed by atoms with Crippen LogP contribution in [-0.2, 0) is 28.5 Å². The molecule has 1 aliphatic heterocycles. The van der Waals surface area contributed by atoms with Gasteiger partial charge >= 0.3 is 5.97 Å². The Morgan fingerprint density at radius 3 is 2.24 bits per heavy atom. The monoisotopic (exact) mass is 600 g/mol. The molecule has 0 saturated carbocycles. The number of phenols is 1. The van der Waals surface area contributed by atoms with Gasteiger partial charge in [0.05, 0.1) is 56.8 Å². The number of carbonyl (C=O) groups is 2. The van der Waals surface area contributed by atoms with E-state index in [4.69, 9.17) is 23.7 Å².